The first-order chi connectivity index (χ1) is 63.4. The smallest absolute Gasteiger partial charge is 0.164 e. The van der Waals surface area contributed by atoms with Crippen LogP contribution in [0.2, 0.25) is 0 Å². The van der Waals surface area contributed by atoms with Crippen molar-refractivity contribution < 1.29 is 8.83 Å². The van der Waals surface area contributed by atoms with E-state index < -0.39 is 0 Å². The van der Waals surface area contributed by atoms with Crippen molar-refractivity contribution in [1.29, 1.82) is 0 Å². The molecule has 27 rings (SSSR count). The Balaban J connectivity index is 0.000000135. The van der Waals surface area contributed by atoms with E-state index in [9.17, 15) is 0 Å². The number of para-hydroxylation sites is 2. The fraction of sp³-hybridized carbons (Fsp3) is 0. The predicted molar refractivity (Wildman–Crippen MR) is 529 cm³/mol. The number of aromatic nitrogens is 8. The molecule has 0 saturated carbocycles. The lowest BCUT2D eigenvalue weighted by Crippen LogP contribution is -2.02. The summed E-state index contributed by atoms with van der Waals surface area (Å²) >= 11 is 0. The van der Waals surface area contributed by atoms with Crippen molar-refractivity contribution in [2.75, 3.05) is 0 Å². The fourth-order valence-electron chi connectivity index (χ4n) is 19.6. The van der Waals surface area contributed by atoms with Gasteiger partial charge in [0.1, 0.15) is 11.2 Å². The molecule has 0 aliphatic heterocycles. The molecule has 21 aromatic carbocycles. The van der Waals surface area contributed by atoms with E-state index in [1.54, 1.807) is 0 Å². The summed E-state index contributed by atoms with van der Waals surface area (Å²) in [6, 6.07) is 150. The summed E-state index contributed by atoms with van der Waals surface area (Å²) in [5.41, 5.74) is 19.5. The highest BCUT2D eigenvalue weighted by Crippen LogP contribution is 2.48. The molecule has 0 spiro atoms. The molecule has 0 unspecified atom stereocenters. The fourth-order valence-corrected chi connectivity index (χ4v) is 19.6. The monoisotopic (exact) mass is 1630 g/mol. The molecule has 0 saturated heterocycles. The van der Waals surface area contributed by atoms with Crippen molar-refractivity contribution in [3.63, 3.8) is 0 Å². The Morgan fingerprint density at radius 1 is 0.164 bits per heavy atom. The molecule has 0 amide bonds. The average molecular weight is 1630 g/mol. The molecule has 128 heavy (non-hydrogen) atoms. The van der Waals surface area contributed by atoms with Gasteiger partial charge >= 0.3 is 0 Å². The summed E-state index contributed by atoms with van der Waals surface area (Å²) in [6.07, 6.45) is 0. The first kappa shape index (κ1) is 72.3. The Morgan fingerprint density at radius 2 is 0.453 bits per heavy atom. The maximum Gasteiger partial charge on any atom is 0.164 e. The second-order valence-corrected chi connectivity index (χ2v) is 33.2. The van der Waals surface area contributed by atoms with E-state index in [2.05, 4.69) is 403 Å². The maximum absolute atomic E-state index is 7.03. The molecule has 0 bridgehead atoms. The van der Waals surface area contributed by atoms with Crippen molar-refractivity contribution in [2.45, 2.75) is 0 Å². The van der Waals surface area contributed by atoms with Crippen LogP contribution in [-0.4, -0.2) is 39.0 Å². The number of hydrogen-bond acceptors (Lipinski definition) is 8. The third-order valence-corrected chi connectivity index (χ3v) is 25.8. The summed E-state index contributed by atoms with van der Waals surface area (Å²) in [5.74, 6) is 3.56. The topological polar surface area (TPSA) is 113 Å². The van der Waals surface area contributed by atoms with Crippen LogP contribution in [0.4, 0.5) is 0 Å². The third-order valence-electron chi connectivity index (χ3n) is 25.8. The van der Waals surface area contributed by atoms with Crippen LogP contribution in [0.3, 0.4) is 0 Å². The Kier molecular flexibility index (Phi) is 16.5. The Bertz CT molecular complexity index is 8990. The van der Waals surface area contributed by atoms with E-state index in [0.29, 0.717) is 34.9 Å². The zero-order chi connectivity index (χ0) is 84.0. The highest BCUT2D eigenvalue weighted by atomic mass is 16.3. The van der Waals surface area contributed by atoms with Gasteiger partial charge in [0.25, 0.3) is 0 Å². The van der Waals surface area contributed by atoms with Crippen molar-refractivity contribution >= 4 is 163 Å². The van der Waals surface area contributed by atoms with Gasteiger partial charge in [-0.15, -0.1) is 0 Å². The van der Waals surface area contributed by atoms with E-state index >= 15 is 0 Å². The van der Waals surface area contributed by atoms with E-state index in [1.807, 2.05) is 30.3 Å². The summed E-state index contributed by atoms with van der Waals surface area (Å²) in [7, 11) is 0. The summed E-state index contributed by atoms with van der Waals surface area (Å²) in [5, 5.41) is 25.1. The number of fused-ring (bicyclic) bond motifs is 20. The highest BCUT2D eigenvalue weighted by molar-refractivity contribution is 6.23. The summed E-state index contributed by atoms with van der Waals surface area (Å²) < 4.78 is 18.8. The molecule has 0 aliphatic rings. The molecule has 0 aliphatic carbocycles. The third kappa shape index (κ3) is 11.9. The van der Waals surface area contributed by atoms with Crippen LogP contribution in [0.15, 0.2) is 433 Å². The van der Waals surface area contributed by atoms with Gasteiger partial charge in [0.15, 0.2) is 46.1 Å². The second-order valence-electron chi connectivity index (χ2n) is 33.2. The number of nitrogens with zero attached hydrogens (tertiary/aromatic N) is 8. The number of furan rings is 2. The van der Waals surface area contributed by atoms with Gasteiger partial charge in [0.05, 0.1) is 33.4 Å². The molecule has 0 atom stereocenters. The molecule has 0 N–H and O–H groups in total. The van der Waals surface area contributed by atoms with Crippen molar-refractivity contribution in [2.24, 2.45) is 0 Å². The zero-order valence-electron chi connectivity index (χ0n) is 68.8. The van der Waals surface area contributed by atoms with E-state index in [0.717, 1.165) is 160 Å². The Morgan fingerprint density at radius 3 is 0.875 bits per heavy atom. The molecule has 10 heteroatoms. The van der Waals surface area contributed by atoms with Gasteiger partial charge < -0.3 is 18.0 Å². The molecule has 0 radical (unpaired) electrons. The maximum atomic E-state index is 7.03. The minimum atomic E-state index is 0.571. The molecule has 6 aromatic heterocycles. The average Bonchev–Trinajstić information content (AvgIpc) is 1.60. The van der Waals surface area contributed by atoms with E-state index in [1.165, 1.54) is 70.0 Å². The Hall–Kier alpha value is -17.3. The predicted octanol–water partition coefficient (Wildman–Crippen LogP) is 31.1. The molecular weight excluding hydrogens is 1560 g/mol. The van der Waals surface area contributed by atoms with Gasteiger partial charge in [-0.25, -0.2) is 29.9 Å². The quantitative estimate of drug-likeness (QED) is 0.124. The van der Waals surface area contributed by atoms with E-state index in [4.69, 9.17) is 38.7 Å². The Labute approximate surface area is 732 Å². The minimum Gasteiger partial charge on any atom is -0.454 e. The van der Waals surface area contributed by atoms with E-state index in [-0.39, 0.29) is 0 Å². The summed E-state index contributed by atoms with van der Waals surface area (Å²) in [6.45, 7) is 0. The molecule has 27 aromatic rings. The summed E-state index contributed by atoms with van der Waals surface area (Å²) in [4.78, 5) is 31.9. The lowest BCUT2D eigenvalue weighted by atomic mass is 9.96. The van der Waals surface area contributed by atoms with Gasteiger partial charge in [-0.3, -0.25) is 0 Å². The van der Waals surface area contributed by atoms with Gasteiger partial charge in [-0.05, 0) is 195 Å². The van der Waals surface area contributed by atoms with Crippen molar-refractivity contribution in [3.05, 3.63) is 425 Å². The lowest BCUT2D eigenvalue weighted by molar-refractivity contribution is 0.666. The van der Waals surface area contributed by atoms with Crippen LogP contribution in [0.25, 0.3) is 265 Å². The number of hydrogen-bond donors (Lipinski definition) is 0. The van der Waals surface area contributed by atoms with Crippen LogP contribution < -0.4 is 0 Å². The van der Waals surface area contributed by atoms with Crippen LogP contribution >= 0.6 is 0 Å². The lowest BCUT2D eigenvalue weighted by Gasteiger charge is -2.14. The normalized spacial score (nSPS) is 11.9. The van der Waals surface area contributed by atoms with Crippen LogP contribution in [0.5, 0.6) is 0 Å². The number of rotatable bonds is 10. The van der Waals surface area contributed by atoms with Crippen LogP contribution in [0.1, 0.15) is 0 Å². The van der Waals surface area contributed by atoms with Gasteiger partial charge in [-0.2, -0.15) is 0 Å². The van der Waals surface area contributed by atoms with Gasteiger partial charge in [-0.1, -0.05) is 328 Å². The van der Waals surface area contributed by atoms with Crippen molar-refractivity contribution in [3.8, 4) is 102 Å². The standard InChI is InChI=1S/C59H34N4O.C59H36N4O/c1-2-14-36-29-42(26-25-35(36)13-1)57-60-58(62-59(61-57)50-32-41-19-7-8-20-43(41)44-21-9-10-22-45(44)50)47-27-28-51(56-55(47)46-23-11-12-24-54(46)64-56)63-52-33-39-17-5-3-15-37(39)30-48(52)49-31-38-16-4-6-18-40(38)34-53(49)63;1-3-13-37(14-4-1)39-23-27-41(28-24-39)57-60-58(42-29-25-40(26-30-42)38-15-5-2-6-16-38)62-59(61-57)48-31-32-51(56-55(48)47-21-11-12-22-54(47)64-56)63-52-35-45-19-9-7-17-43(45)33-49(52)50-34-44-18-8-10-20-46(44)36-53(50)63/h1-34H;1-36H. The first-order valence-corrected chi connectivity index (χ1v) is 43.3. The molecule has 10 nitrogen and oxygen atoms in total. The van der Waals surface area contributed by atoms with Crippen molar-refractivity contribution in [1.82, 2.24) is 39.0 Å². The largest absolute Gasteiger partial charge is 0.454 e. The molecular formula is C118H70N8O2. The molecule has 0 fully saturated rings. The highest BCUT2D eigenvalue weighted by Gasteiger charge is 2.28. The van der Waals surface area contributed by atoms with Gasteiger partial charge in [0.2, 0.25) is 0 Å². The minimum absolute atomic E-state index is 0.571. The second kappa shape index (κ2) is 29.2. The molecule has 594 valence electrons. The van der Waals surface area contributed by atoms with Gasteiger partial charge in [0, 0.05) is 76.5 Å². The SMILES string of the molecule is c1ccc(-c2ccc(-c3nc(-c4ccc(-c5ccccc5)cc4)nc(-c4ccc(-n5c6cc7ccccc7cc6c6cc7ccccc7cc65)c5oc6ccccc6c45)n3)cc2)cc1.c1ccc2cc(-c3nc(-c4cc5ccccc5c5ccccc45)nc(-c4ccc(-n5c6cc7ccccc7cc6c6cc7ccccc7cc65)c5oc6ccccc6c45)n3)ccc2c1. The number of benzene rings is 21. The van der Waals surface area contributed by atoms with Crippen LogP contribution in [-0.2, 0) is 0 Å². The first-order valence-electron chi connectivity index (χ1n) is 43.3. The zero-order valence-corrected chi connectivity index (χ0v) is 68.8. The molecule has 6 heterocycles. The van der Waals surface area contributed by atoms with Crippen LogP contribution in [0, 0.1) is 0 Å².